The molecule has 1 aliphatic rings. The second-order valence-corrected chi connectivity index (χ2v) is 6.18. The third kappa shape index (κ3) is 3.37. The topological polar surface area (TPSA) is 64.2 Å². The van der Waals surface area contributed by atoms with Crippen molar-refractivity contribution in [1.29, 1.82) is 0 Å². The molecule has 2 N–H and O–H groups in total. The van der Waals surface area contributed by atoms with Crippen LogP contribution in [0.15, 0.2) is 6.20 Å². The summed E-state index contributed by atoms with van der Waals surface area (Å²) in [6.45, 7) is 3.94. The Balaban J connectivity index is 2.43. The number of rotatable bonds is 3. The largest absolute Gasteiger partial charge is 0.434 e. The van der Waals surface area contributed by atoms with E-state index in [2.05, 4.69) is 4.98 Å². The number of carbonyl (C=O) groups is 1. The van der Waals surface area contributed by atoms with Crippen molar-refractivity contribution >= 4 is 5.91 Å². The predicted molar refractivity (Wildman–Crippen MR) is 70.5 cm³/mol. The van der Waals surface area contributed by atoms with Gasteiger partial charge in [-0.05, 0) is 20.3 Å². The van der Waals surface area contributed by atoms with Gasteiger partial charge < -0.3 is 15.2 Å². The molecule has 2 rings (SSSR count). The van der Waals surface area contributed by atoms with Crippen LogP contribution in [0.3, 0.4) is 0 Å². The summed E-state index contributed by atoms with van der Waals surface area (Å²) in [7, 11) is 1.64. The van der Waals surface area contributed by atoms with Crippen LogP contribution in [0.5, 0.6) is 0 Å². The Bertz CT molecular complexity index is 545. The maximum Gasteiger partial charge on any atom is 0.434 e. The Labute approximate surface area is 120 Å². The minimum absolute atomic E-state index is 0.163. The zero-order valence-electron chi connectivity index (χ0n) is 12.2. The Morgan fingerprint density at radius 1 is 1.43 bits per heavy atom. The van der Waals surface area contributed by atoms with Gasteiger partial charge in [0.2, 0.25) is 5.91 Å². The molecule has 1 saturated heterocycles. The van der Waals surface area contributed by atoms with Crippen molar-refractivity contribution in [2.45, 2.75) is 44.4 Å². The summed E-state index contributed by atoms with van der Waals surface area (Å²) in [5.41, 5.74) is 4.19. The van der Waals surface area contributed by atoms with E-state index in [1.54, 1.807) is 20.9 Å². The molecule has 0 saturated carbocycles. The quantitative estimate of drug-likeness (QED) is 0.922. The van der Waals surface area contributed by atoms with Gasteiger partial charge in [-0.2, -0.15) is 13.2 Å². The highest BCUT2D eigenvalue weighted by atomic mass is 19.4. The standard InChI is InChI=1S/C13H19F3N4O/c1-12(2,17)6-10-18-9(13(14,15)16)7-20(10)8-4-5-19(3)11(8)21/h7-8H,4-6,17H2,1-3H3. The van der Waals surface area contributed by atoms with Crippen LogP contribution >= 0.6 is 0 Å². The number of hydrogen-bond donors (Lipinski definition) is 1. The van der Waals surface area contributed by atoms with Gasteiger partial charge >= 0.3 is 6.18 Å². The van der Waals surface area contributed by atoms with Gasteiger partial charge in [0.25, 0.3) is 0 Å². The molecule has 1 fully saturated rings. The maximum atomic E-state index is 12.9. The third-order valence-corrected chi connectivity index (χ3v) is 3.45. The molecule has 0 bridgehead atoms. The summed E-state index contributed by atoms with van der Waals surface area (Å²) in [5.74, 6) is 0.000627. The summed E-state index contributed by atoms with van der Waals surface area (Å²) in [4.78, 5) is 17.2. The number of nitrogens with zero attached hydrogens (tertiary/aromatic N) is 3. The van der Waals surface area contributed by atoms with Gasteiger partial charge in [0.05, 0.1) is 0 Å². The average Bonchev–Trinajstić information content (AvgIpc) is 2.82. The molecular formula is C13H19F3N4O. The number of alkyl halides is 3. The first-order chi connectivity index (χ1) is 9.49. The molecule has 0 aromatic carbocycles. The van der Waals surface area contributed by atoms with Crippen molar-refractivity contribution in [3.8, 4) is 0 Å². The van der Waals surface area contributed by atoms with Crippen molar-refractivity contribution in [3.05, 3.63) is 17.7 Å². The molecule has 1 aliphatic heterocycles. The molecule has 21 heavy (non-hydrogen) atoms. The molecule has 0 aliphatic carbocycles. The minimum atomic E-state index is -4.54. The number of likely N-dealkylation sites (tertiary alicyclic amines) is 1. The average molecular weight is 304 g/mol. The molecule has 5 nitrogen and oxygen atoms in total. The number of likely N-dealkylation sites (N-methyl/N-ethyl adjacent to an activating group) is 1. The van der Waals surface area contributed by atoms with E-state index in [1.165, 1.54) is 9.47 Å². The van der Waals surface area contributed by atoms with Crippen molar-refractivity contribution in [1.82, 2.24) is 14.5 Å². The van der Waals surface area contributed by atoms with Gasteiger partial charge in [-0.1, -0.05) is 0 Å². The number of nitrogens with two attached hydrogens (primary N) is 1. The van der Waals surface area contributed by atoms with E-state index in [0.29, 0.717) is 13.0 Å². The van der Waals surface area contributed by atoms with Crippen LogP contribution in [-0.2, 0) is 17.4 Å². The number of carbonyl (C=O) groups excluding carboxylic acids is 1. The van der Waals surface area contributed by atoms with E-state index in [-0.39, 0.29) is 18.2 Å². The van der Waals surface area contributed by atoms with Crippen LogP contribution in [0.4, 0.5) is 13.2 Å². The smallest absolute Gasteiger partial charge is 0.344 e. The van der Waals surface area contributed by atoms with Crippen LogP contribution in [0.2, 0.25) is 0 Å². The molecule has 0 spiro atoms. The third-order valence-electron chi connectivity index (χ3n) is 3.45. The lowest BCUT2D eigenvalue weighted by Crippen LogP contribution is -2.36. The highest BCUT2D eigenvalue weighted by molar-refractivity contribution is 5.82. The Hall–Kier alpha value is -1.57. The van der Waals surface area contributed by atoms with E-state index in [4.69, 9.17) is 5.73 Å². The zero-order chi connectivity index (χ0) is 16.0. The van der Waals surface area contributed by atoms with Crippen LogP contribution in [-0.4, -0.2) is 39.5 Å². The second kappa shape index (κ2) is 5.01. The number of imidazole rings is 1. The van der Waals surface area contributed by atoms with Crippen LogP contribution in [0.1, 0.15) is 37.8 Å². The fourth-order valence-corrected chi connectivity index (χ4v) is 2.44. The van der Waals surface area contributed by atoms with Gasteiger partial charge in [0.15, 0.2) is 5.69 Å². The van der Waals surface area contributed by atoms with Gasteiger partial charge in [0.1, 0.15) is 11.9 Å². The number of aromatic nitrogens is 2. The van der Waals surface area contributed by atoms with E-state index < -0.39 is 23.5 Å². The zero-order valence-corrected chi connectivity index (χ0v) is 12.2. The highest BCUT2D eigenvalue weighted by Gasteiger charge is 2.39. The first kappa shape index (κ1) is 15.8. The molecule has 1 aromatic heterocycles. The fourth-order valence-electron chi connectivity index (χ4n) is 2.44. The van der Waals surface area contributed by atoms with Crippen LogP contribution < -0.4 is 5.73 Å². The van der Waals surface area contributed by atoms with Gasteiger partial charge in [-0.15, -0.1) is 0 Å². The first-order valence-corrected chi connectivity index (χ1v) is 6.68. The number of hydrogen-bond acceptors (Lipinski definition) is 3. The van der Waals surface area contributed by atoms with Crippen molar-refractivity contribution in [2.75, 3.05) is 13.6 Å². The van der Waals surface area contributed by atoms with Crippen LogP contribution in [0.25, 0.3) is 0 Å². The Morgan fingerprint density at radius 3 is 2.48 bits per heavy atom. The van der Waals surface area contributed by atoms with Crippen molar-refractivity contribution < 1.29 is 18.0 Å². The summed E-state index contributed by atoms with van der Waals surface area (Å²) in [6.07, 6.45) is -2.98. The SMILES string of the molecule is CN1CCC(n2cc(C(F)(F)F)nc2CC(C)(C)N)C1=O. The Kier molecular flexibility index (Phi) is 3.77. The van der Waals surface area contributed by atoms with E-state index in [1.807, 2.05) is 0 Å². The predicted octanol–water partition coefficient (Wildman–Crippen LogP) is 1.58. The van der Waals surface area contributed by atoms with Crippen molar-refractivity contribution in [2.24, 2.45) is 5.73 Å². The molecule has 1 atom stereocenters. The fraction of sp³-hybridized carbons (Fsp3) is 0.692. The lowest BCUT2D eigenvalue weighted by molar-refractivity contribution is -0.141. The molecule has 8 heteroatoms. The summed E-state index contributed by atoms with van der Waals surface area (Å²) < 4.78 is 40.0. The molecule has 0 radical (unpaired) electrons. The number of halogens is 3. The van der Waals surface area contributed by atoms with E-state index in [0.717, 1.165) is 6.20 Å². The molecule has 1 amide bonds. The summed E-state index contributed by atoms with van der Waals surface area (Å²) in [5, 5.41) is 0. The minimum Gasteiger partial charge on any atom is -0.344 e. The second-order valence-electron chi connectivity index (χ2n) is 6.18. The first-order valence-electron chi connectivity index (χ1n) is 6.68. The monoisotopic (exact) mass is 304 g/mol. The molecule has 1 unspecified atom stereocenters. The van der Waals surface area contributed by atoms with Gasteiger partial charge in [0, 0.05) is 31.7 Å². The lowest BCUT2D eigenvalue weighted by Gasteiger charge is -2.20. The van der Waals surface area contributed by atoms with Crippen molar-refractivity contribution in [3.63, 3.8) is 0 Å². The van der Waals surface area contributed by atoms with E-state index >= 15 is 0 Å². The number of amides is 1. The summed E-state index contributed by atoms with van der Waals surface area (Å²) in [6, 6.07) is -0.629. The van der Waals surface area contributed by atoms with Crippen LogP contribution in [0, 0.1) is 0 Å². The van der Waals surface area contributed by atoms with E-state index in [9.17, 15) is 18.0 Å². The summed E-state index contributed by atoms with van der Waals surface area (Å²) >= 11 is 0. The maximum absolute atomic E-state index is 12.9. The van der Waals surface area contributed by atoms with Gasteiger partial charge in [-0.25, -0.2) is 4.98 Å². The van der Waals surface area contributed by atoms with Gasteiger partial charge in [-0.3, -0.25) is 4.79 Å². The lowest BCUT2D eigenvalue weighted by atomic mass is 10.0. The normalized spacial score (nSPS) is 20.4. The highest BCUT2D eigenvalue weighted by Crippen LogP contribution is 2.32. The molecule has 2 heterocycles. The molecule has 1 aromatic rings. The molecular weight excluding hydrogens is 285 g/mol. The molecule has 118 valence electrons. The Morgan fingerprint density at radius 2 is 2.05 bits per heavy atom.